The first-order chi connectivity index (χ1) is 13.0. The van der Waals surface area contributed by atoms with Crippen molar-refractivity contribution in [2.24, 2.45) is 0 Å². The highest BCUT2D eigenvalue weighted by Gasteiger charge is 2.42. The van der Waals surface area contributed by atoms with Crippen molar-refractivity contribution in [3.8, 4) is 0 Å². The lowest BCUT2D eigenvalue weighted by atomic mass is 9.98. The van der Waals surface area contributed by atoms with Crippen LogP contribution in [0.4, 0.5) is 4.39 Å². The molecule has 1 unspecified atom stereocenters. The predicted octanol–water partition coefficient (Wildman–Crippen LogP) is 3.51. The molecule has 27 heavy (non-hydrogen) atoms. The number of rotatable bonds is 4. The Morgan fingerprint density at radius 2 is 2.00 bits per heavy atom. The van der Waals surface area contributed by atoms with E-state index in [1.165, 1.54) is 17.0 Å². The Morgan fingerprint density at radius 3 is 2.74 bits per heavy atom. The van der Waals surface area contributed by atoms with Gasteiger partial charge in [-0.05, 0) is 42.3 Å². The number of benzene rings is 2. The minimum atomic E-state index is -0.707. The monoisotopic (exact) mass is 387 g/mol. The highest BCUT2D eigenvalue weighted by atomic mass is 35.5. The molecule has 1 aromatic heterocycles. The molecule has 0 saturated carbocycles. The molecule has 3 aromatic rings. The third kappa shape index (κ3) is 2.91. The topological polar surface area (TPSA) is 70.8 Å². The van der Waals surface area contributed by atoms with Gasteiger partial charge in [0.25, 0.3) is 5.91 Å². The van der Waals surface area contributed by atoms with E-state index in [0.717, 1.165) is 6.07 Å². The molecule has 0 aliphatic carbocycles. The van der Waals surface area contributed by atoms with Crippen molar-refractivity contribution in [3.63, 3.8) is 0 Å². The van der Waals surface area contributed by atoms with Crippen molar-refractivity contribution in [3.05, 3.63) is 80.4 Å². The van der Waals surface area contributed by atoms with E-state index in [0.29, 0.717) is 17.0 Å². The minimum absolute atomic E-state index is 0.0537. The number of hydrogen-bond acceptors (Lipinski definition) is 4. The van der Waals surface area contributed by atoms with Gasteiger partial charge in [-0.1, -0.05) is 23.7 Å². The fraction of sp³-hybridized carbons (Fsp3) is 0.200. The molecular formula is C20H15ClFNO4. The zero-order valence-corrected chi connectivity index (χ0v) is 14.9. The average molecular weight is 388 g/mol. The zero-order valence-electron chi connectivity index (χ0n) is 14.1. The number of nitrogens with zero attached hydrogens (tertiary/aromatic N) is 1. The van der Waals surface area contributed by atoms with Gasteiger partial charge >= 0.3 is 0 Å². The quantitative estimate of drug-likeness (QED) is 0.743. The first-order valence-corrected chi connectivity index (χ1v) is 8.82. The van der Waals surface area contributed by atoms with Crippen molar-refractivity contribution in [1.29, 1.82) is 0 Å². The standard InChI is InChI=1S/C20H15ClFNO4/c21-12-4-1-3-11(9-12)17-16-18(25)14-10-13(22)5-6-15(14)27-19(16)20(26)23(17)7-2-8-24/h1,3-6,9-10,17,24H,2,7-8H2. The maximum absolute atomic E-state index is 13.7. The van der Waals surface area contributed by atoms with Crippen LogP contribution < -0.4 is 5.43 Å². The maximum Gasteiger partial charge on any atom is 0.290 e. The molecule has 1 aliphatic rings. The Morgan fingerprint density at radius 1 is 1.19 bits per heavy atom. The van der Waals surface area contributed by atoms with Gasteiger partial charge in [0.05, 0.1) is 17.0 Å². The molecule has 1 aliphatic heterocycles. The van der Waals surface area contributed by atoms with Crippen molar-refractivity contribution in [2.45, 2.75) is 12.5 Å². The summed E-state index contributed by atoms with van der Waals surface area (Å²) in [5.41, 5.74) is 0.520. The Bertz CT molecular complexity index is 1110. The van der Waals surface area contributed by atoms with Crippen LogP contribution in [0.3, 0.4) is 0 Å². The molecule has 0 spiro atoms. The molecule has 5 nitrogen and oxygen atoms in total. The van der Waals surface area contributed by atoms with Gasteiger partial charge < -0.3 is 14.4 Å². The van der Waals surface area contributed by atoms with Crippen LogP contribution in [0, 0.1) is 5.82 Å². The largest absolute Gasteiger partial charge is 0.450 e. The van der Waals surface area contributed by atoms with E-state index in [4.69, 9.17) is 16.0 Å². The van der Waals surface area contributed by atoms with Crippen LogP contribution >= 0.6 is 11.6 Å². The maximum atomic E-state index is 13.7. The molecule has 7 heteroatoms. The summed E-state index contributed by atoms with van der Waals surface area (Å²) in [5.74, 6) is -1.05. The molecule has 0 saturated heterocycles. The van der Waals surface area contributed by atoms with Crippen LogP contribution in [0.25, 0.3) is 11.0 Å². The van der Waals surface area contributed by atoms with Crippen molar-refractivity contribution in [2.75, 3.05) is 13.2 Å². The van der Waals surface area contributed by atoms with Crippen LogP contribution in [0.2, 0.25) is 5.02 Å². The minimum Gasteiger partial charge on any atom is -0.450 e. The summed E-state index contributed by atoms with van der Waals surface area (Å²) in [7, 11) is 0. The third-order valence-electron chi connectivity index (χ3n) is 4.65. The number of carbonyl (C=O) groups is 1. The summed E-state index contributed by atoms with van der Waals surface area (Å²) < 4.78 is 19.3. The molecule has 0 fully saturated rings. The summed E-state index contributed by atoms with van der Waals surface area (Å²) in [6.07, 6.45) is 0.346. The highest BCUT2D eigenvalue weighted by Crippen LogP contribution is 2.38. The highest BCUT2D eigenvalue weighted by molar-refractivity contribution is 6.30. The van der Waals surface area contributed by atoms with E-state index in [1.807, 2.05) is 0 Å². The number of amides is 1. The summed E-state index contributed by atoms with van der Waals surface area (Å²) in [6, 6.07) is 9.78. The average Bonchev–Trinajstić information content (AvgIpc) is 2.93. The summed E-state index contributed by atoms with van der Waals surface area (Å²) >= 11 is 6.10. The van der Waals surface area contributed by atoms with Gasteiger partial charge in [0, 0.05) is 18.2 Å². The number of hydrogen-bond donors (Lipinski definition) is 1. The Hall–Kier alpha value is -2.70. The Kier molecular flexibility index (Phi) is 4.45. The predicted molar refractivity (Wildman–Crippen MR) is 98.5 cm³/mol. The van der Waals surface area contributed by atoms with Gasteiger partial charge in [0.1, 0.15) is 11.4 Å². The second-order valence-electron chi connectivity index (χ2n) is 6.35. The number of halogens is 2. The van der Waals surface area contributed by atoms with E-state index < -0.39 is 23.2 Å². The van der Waals surface area contributed by atoms with Crippen LogP contribution in [-0.2, 0) is 0 Å². The van der Waals surface area contributed by atoms with E-state index >= 15 is 0 Å². The van der Waals surface area contributed by atoms with Crippen LogP contribution in [0.5, 0.6) is 0 Å². The molecule has 0 bridgehead atoms. The number of aliphatic hydroxyl groups is 1. The summed E-state index contributed by atoms with van der Waals surface area (Å²) in [6.45, 7) is 0.137. The fourth-order valence-electron chi connectivity index (χ4n) is 3.49. The molecule has 2 aromatic carbocycles. The van der Waals surface area contributed by atoms with Gasteiger partial charge in [0.2, 0.25) is 5.76 Å². The Balaban J connectivity index is 1.99. The number of aliphatic hydroxyl groups excluding tert-OH is 1. The molecule has 4 rings (SSSR count). The van der Waals surface area contributed by atoms with Gasteiger partial charge in [-0.15, -0.1) is 0 Å². The SMILES string of the molecule is O=C1c2oc3ccc(F)cc3c(=O)c2C(c2cccc(Cl)c2)N1CCCO. The van der Waals surface area contributed by atoms with Crippen LogP contribution in [-0.4, -0.2) is 29.1 Å². The molecule has 1 N–H and O–H groups in total. The normalized spacial score (nSPS) is 16.2. The van der Waals surface area contributed by atoms with Crippen molar-refractivity contribution >= 4 is 28.5 Å². The molecule has 2 heterocycles. The van der Waals surface area contributed by atoms with E-state index in [-0.39, 0.29) is 35.4 Å². The molecular weight excluding hydrogens is 373 g/mol. The number of carbonyl (C=O) groups excluding carboxylic acids is 1. The van der Waals surface area contributed by atoms with Crippen molar-refractivity contribution < 1.29 is 18.7 Å². The zero-order chi connectivity index (χ0) is 19.1. The van der Waals surface area contributed by atoms with Gasteiger partial charge in [-0.2, -0.15) is 0 Å². The molecule has 0 radical (unpaired) electrons. The smallest absolute Gasteiger partial charge is 0.290 e. The van der Waals surface area contributed by atoms with Crippen LogP contribution in [0.15, 0.2) is 51.7 Å². The summed E-state index contributed by atoms with van der Waals surface area (Å²) in [5, 5.41) is 9.73. The lowest BCUT2D eigenvalue weighted by Crippen LogP contribution is -2.31. The second-order valence-corrected chi connectivity index (χ2v) is 6.78. The van der Waals surface area contributed by atoms with Gasteiger partial charge in [-0.25, -0.2) is 4.39 Å². The van der Waals surface area contributed by atoms with E-state index in [1.54, 1.807) is 24.3 Å². The van der Waals surface area contributed by atoms with Gasteiger partial charge in [0.15, 0.2) is 5.43 Å². The second kappa shape index (κ2) is 6.79. The fourth-order valence-corrected chi connectivity index (χ4v) is 3.69. The van der Waals surface area contributed by atoms with E-state index in [2.05, 4.69) is 0 Å². The molecule has 1 amide bonds. The van der Waals surface area contributed by atoms with Gasteiger partial charge in [-0.3, -0.25) is 9.59 Å². The van der Waals surface area contributed by atoms with E-state index in [9.17, 15) is 19.1 Å². The van der Waals surface area contributed by atoms with Crippen LogP contribution in [0.1, 0.15) is 34.1 Å². The Labute approximate surface area is 158 Å². The lowest BCUT2D eigenvalue weighted by Gasteiger charge is -2.25. The number of fused-ring (bicyclic) bond motifs is 2. The summed E-state index contributed by atoms with van der Waals surface area (Å²) in [4.78, 5) is 27.5. The first-order valence-electron chi connectivity index (χ1n) is 8.45. The van der Waals surface area contributed by atoms with Crippen molar-refractivity contribution in [1.82, 2.24) is 4.90 Å². The first kappa shape index (κ1) is 17.7. The third-order valence-corrected chi connectivity index (χ3v) is 4.88. The molecule has 1 atom stereocenters. The lowest BCUT2D eigenvalue weighted by molar-refractivity contribution is 0.0716. The molecule has 138 valence electrons.